The lowest BCUT2D eigenvalue weighted by atomic mass is 10.1. The summed E-state index contributed by atoms with van der Waals surface area (Å²) in [5, 5.41) is 7.32. The van der Waals surface area contributed by atoms with Gasteiger partial charge in [-0.1, -0.05) is 34.1 Å². The van der Waals surface area contributed by atoms with E-state index in [1.807, 2.05) is 24.3 Å². The molecule has 0 amide bonds. The number of amidine groups is 1. The first kappa shape index (κ1) is 14.1. The second kappa shape index (κ2) is 6.21. The molecular weight excluding hydrogens is 327 g/mol. The molecule has 2 nitrogen and oxygen atoms in total. The number of nitrogens with two attached hydrogens (primary N) is 1. The van der Waals surface area contributed by atoms with E-state index in [9.17, 15) is 4.39 Å². The molecule has 0 radical (unpaired) electrons. The topological polar surface area (TPSA) is 49.9 Å². The third-order valence-corrected chi connectivity index (χ3v) is 4.10. The minimum Gasteiger partial charge on any atom is -0.384 e. The zero-order chi connectivity index (χ0) is 13.8. The van der Waals surface area contributed by atoms with Crippen LogP contribution in [0.4, 0.5) is 4.39 Å². The molecule has 5 heteroatoms. The van der Waals surface area contributed by atoms with Crippen molar-refractivity contribution in [3.05, 3.63) is 63.9 Å². The van der Waals surface area contributed by atoms with Gasteiger partial charge in [-0.05, 0) is 29.8 Å². The molecule has 19 heavy (non-hydrogen) atoms. The predicted molar refractivity (Wildman–Crippen MR) is 81.1 cm³/mol. The summed E-state index contributed by atoms with van der Waals surface area (Å²) < 4.78 is 15.1. The molecule has 0 spiro atoms. The molecule has 2 aromatic rings. The normalized spacial score (nSPS) is 10.4. The second-order valence-electron chi connectivity index (χ2n) is 3.94. The van der Waals surface area contributed by atoms with Crippen LogP contribution in [-0.4, -0.2) is 5.84 Å². The number of thioether (sulfide) groups is 1. The van der Waals surface area contributed by atoms with E-state index in [4.69, 9.17) is 11.1 Å². The Morgan fingerprint density at radius 3 is 2.68 bits per heavy atom. The van der Waals surface area contributed by atoms with Gasteiger partial charge < -0.3 is 5.73 Å². The Labute approximate surface area is 123 Å². The quantitative estimate of drug-likeness (QED) is 0.499. The van der Waals surface area contributed by atoms with Crippen molar-refractivity contribution in [1.82, 2.24) is 0 Å². The van der Waals surface area contributed by atoms with Gasteiger partial charge in [0.25, 0.3) is 0 Å². The lowest BCUT2D eigenvalue weighted by Crippen LogP contribution is -2.14. The van der Waals surface area contributed by atoms with Gasteiger partial charge in [0.15, 0.2) is 0 Å². The van der Waals surface area contributed by atoms with Crippen molar-refractivity contribution in [2.75, 3.05) is 0 Å². The Morgan fingerprint density at radius 2 is 2.00 bits per heavy atom. The lowest BCUT2D eigenvalue weighted by Gasteiger charge is -2.07. The van der Waals surface area contributed by atoms with Crippen molar-refractivity contribution >= 4 is 33.5 Å². The molecule has 0 atom stereocenters. The fourth-order valence-corrected chi connectivity index (χ4v) is 3.10. The Hall–Kier alpha value is -1.33. The fourth-order valence-electron chi connectivity index (χ4n) is 1.62. The minimum atomic E-state index is -0.405. The number of nitrogens with one attached hydrogen (secondary N) is 1. The van der Waals surface area contributed by atoms with Crippen LogP contribution in [0.1, 0.15) is 11.1 Å². The van der Waals surface area contributed by atoms with Crippen LogP contribution in [0.5, 0.6) is 0 Å². The van der Waals surface area contributed by atoms with Crippen LogP contribution >= 0.6 is 27.7 Å². The minimum absolute atomic E-state index is 0.160. The van der Waals surface area contributed by atoms with Gasteiger partial charge in [-0.25, -0.2) is 4.39 Å². The van der Waals surface area contributed by atoms with Crippen LogP contribution < -0.4 is 5.73 Å². The molecular formula is C14H12BrFN2S. The van der Waals surface area contributed by atoms with E-state index in [2.05, 4.69) is 15.9 Å². The summed E-state index contributed by atoms with van der Waals surface area (Å²) in [6, 6.07) is 12.8. The van der Waals surface area contributed by atoms with Crippen molar-refractivity contribution in [2.45, 2.75) is 10.6 Å². The van der Waals surface area contributed by atoms with Gasteiger partial charge in [0.05, 0.1) is 5.56 Å². The highest BCUT2D eigenvalue weighted by Crippen LogP contribution is 2.27. The maximum absolute atomic E-state index is 14.1. The van der Waals surface area contributed by atoms with E-state index in [1.165, 1.54) is 6.07 Å². The number of nitrogen functional groups attached to an aromatic ring is 1. The summed E-state index contributed by atoms with van der Waals surface area (Å²) in [6.45, 7) is 0. The monoisotopic (exact) mass is 338 g/mol. The number of benzene rings is 2. The van der Waals surface area contributed by atoms with E-state index < -0.39 is 5.82 Å². The standard InChI is InChI=1S/C14H12BrFN2S/c15-10-4-2-5-11(7-10)19-8-9-3-1-6-12(13(9)16)14(17)18/h1-7H,8H2,(H3,17,18). The average Bonchev–Trinajstić information content (AvgIpc) is 2.37. The van der Waals surface area contributed by atoms with Crippen LogP contribution in [-0.2, 0) is 5.75 Å². The lowest BCUT2D eigenvalue weighted by molar-refractivity contribution is 0.614. The molecule has 0 aromatic heterocycles. The Bertz CT molecular complexity index is 616. The van der Waals surface area contributed by atoms with Gasteiger partial charge in [-0.15, -0.1) is 11.8 Å². The summed E-state index contributed by atoms with van der Waals surface area (Å²) >= 11 is 4.94. The second-order valence-corrected chi connectivity index (χ2v) is 5.90. The summed E-state index contributed by atoms with van der Waals surface area (Å²) in [5.74, 6) is -0.145. The molecule has 3 N–H and O–H groups in total. The third-order valence-electron chi connectivity index (χ3n) is 2.56. The molecule has 0 fully saturated rings. The molecule has 2 aromatic carbocycles. The number of hydrogen-bond donors (Lipinski definition) is 2. The maximum Gasteiger partial charge on any atom is 0.138 e. The van der Waals surface area contributed by atoms with Crippen molar-refractivity contribution in [1.29, 1.82) is 5.41 Å². The van der Waals surface area contributed by atoms with Crippen LogP contribution in [0.3, 0.4) is 0 Å². The van der Waals surface area contributed by atoms with Crippen LogP contribution in [0.2, 0.25) is 0 Å². The molecule has 0 saturated heterocycles. The van der Waals surface area contributed by atoms with Gasteiger partial charge in [0, 0.05) is 15.1 Å². The highest BCUT2D eigenvalue weighted by Gasteiger charge is 2.10. The van der Waals surface area contributed by atoms with Crippen LogP contribution in [0.25, 0.3) is 0 Å². The molecule has 0 aliphatic carbocycles. The predicted octanol–water partition coefficient (Wildman–Crippen LogP) is 4.16. The molecule has 0 bridgehead atoms. The van der Waals surface area contributed by atoms with E-state index in [0.717, 1.165) is 9.37 Å². The molecule has 2 rings (SSSR count). The van der Waals surface area contributed by atoms with Crippen LogP contribution in [0.15, 0.2) is 51.8 Å². The zero-order valence-corrected chi connectivity index (χ0v) is 12.4. The van der Waals surface area contributed by atoms with Crippen molar-refractivity contribution < 1.29 is 4.39 Å². The highest BCUT2D eigenvalue weighted by atomic mass is 79.9. The first-order chi connectivity index (χ1) is 9.08. The highest BCUT2D eigenvalue weighted by molar-refractivity contribution is 9.10. The first-order valence-corrected chi connectivity index (χ1v) is 7.36. The van der Waals surface area contributed by atoms with E-state index in [-0.39, 0.29) is 11.4 Å². The molecule has 0 heterocycles. The average molecular weight is 339 g/mol. The number of rotatable bonds is 4. The van der Waals surface area contributed by atoms with E-state index in [0.29, 0.717) is 11.3 Å². The molecule has 98 valence electrons. The summed E-state index contributed by atoms with van der Waals surface area (Å²) in [4.78, 5) is 1.06. The Kier molecular flexibility index (Phi) is 4.61. The molecule has 0 aliphatic rings. The fraction of sp³-hybridized carbons (Fsp3) is 0.0714. The van der Waals surface area contributed by atoms with E-state index >= 15 is 0 Å². The van der Waals surface area contributed by atoms with Gasteiger partial charge >= 0.3 is 0 Å². The van der Waals surface area contributed by atoms with Crippen LogP contribution in [0, 0.1) is 11.2 Å². The Morgan fingerprint density at radius 1 is 1.26 bits per heavy atom. The summed E-state index contributed by atoms with van der Waals surface area (Å²) in [7, 11) is 0. The van der Waals surface area contributed by atoms with Crippen molar-refractivity contribution in [2.24, 2.45) is 5.73 Å². The van der Waals surface area contributed by atoms with E-state index in [1.54, 1.807) is 23.9 Å². The zero-order valence-electron chi connectivity index (χ0n) is 9.99. The number of halogens is 2. The smallest absolute Gasteiger partial charge is 0.138 e. The SMILES string of the molecule is N=C(N)c1cccc(CSc2cccc(Br)c2)c1F. The first-order valence-electron chi connectivity index (χ1n) is 5.58. The summed E-state index contributed by atoms with van der Waals surface area (Å²) in [6.07, 6.45) is 0. The van der Waals surface area contributed by atoms with Gasteiger partial charge in [0.1, 0.15) is 11.7 Å². The van der Waals surface area contributed by atoms with Gasteiger partial charge in [-0.2, -0.15) is 0 Å². The number of hydrogen-bond acceptors (Lipinski definition) is 2. The third kappa shape index (κ3) is 3.58. The molecule has 0 aliphatic heterocycles. The van der Waals surface area contributed by atoms with Gasteiger partial charge in [0.2, 0.25) is 0 Å². The van der Waals surface area contributed by atoms with Gasteiger partial charge in [-0.3, -0.25) is 5.41 Å². The molecule has 0 unspecified atom stereocenters. The van der Waals surface area contributed by atoms with Crippen molar-refractivity contribution in [3.8, 4) is 0 Å². The maximum atomic E-state index is 14.1. The largest absolute Gasteiger partial charge is 0.384 e. The molecule has 0 saturated carbocycles. The van der Waals surface area contributed by atoms with Crippen molar-refractivity contribution in [3.63, 3.8) is 0 Å². The summed E-state index contributed by atoms with van der Waals surface area (Å²) in [5.41, 5.74) is 6.05. The Balaban J connectivity index is 2.16.